The monoisotopic (exact) mass is 594 g/mol. The van der Waals surface area contributed by atoms with Crippen molar-refractivity contribution in [3.8, 4) is 11.5 Å². The number of aromatic nitrogens is 3. The highest BCUT2D eigenvalue weighted by molar-refractivity contribution is 7.84. The van der Waals surface area contributed by atoms with Crippen molar-refractivity contribution in [2.75, 3.05) is 27.4 Å². The van der Waals surface area contributed by atoms with Gasteiger partial charge in [0.25, 0.3) is 0 Å². The third-order valence-corrected chi connectivity index (χ3v) is 6.72. The number of ether oxygens (including phenoxy) is 5. The molecule has 2 aromatic heterocycles. The second-order valence-electron chi connectivity index (χ2n) is 8.27. The maximum Gasteiger partial charge on any atom is 0.510 e. The molecule has 2 heterocycles. The van der Waals surface area contributed by atoms with E-state index >= 15 is 0 Å². The van der Waals surface area contributed by atoms with Crippen LogP contribution in [0, 0.1) is 13.8 Å². The van der Waals surface area contributed by atoms with Crippen LogP contribution >= 0.6 is 0 Å². The van der Waals surface area contributed by atoms with Gasteiger partial charge in [0.1, 0.15) is 24.7 Å². The van der Waals surface area contributed by atoms with Crippen molar-refractivity contribution < 1.29 is 52.7 Å². The number of carbonyl (C=O) groups excluding carboxylic acids is 2. The molecule has 0 radical (unpaired) electrons. The van der Waals surface area contributed by atoms with Crippen LogP contribution in [0.4, 0.5) is 9.59 Å². The summed E-state index contributed by atoms with van der Waals surface area (Å²) in [5, 5.41) is 16.4. The summed E-state index contributed by atoms with van der Waals surface area (Å²) >= 11 is 0. The molecule has 2 atom stereocenters. The lowest BCUT2D eigenvalue weighted by Crippen LogP contribution is -2.26. The van der Waals surface area contributed by atoms with E-state index in [1.807, 2.05) is 13.8 Å². The molecule has 41 heavy (non-hydrogen) atoms. The van der Waals surface area contributed by atoms with Crippen LogP contribution in [0.2, 0.25) is 0 Å². The molecular formula is C25H30N4O11S. The van der Waals surface area contributed by atoms with Gasteiger partial charge >= 0.3 is 12.2 Å². The van der Waals surface area contributed by atoms with Gasteiger partial charge in [-0.2, -0.15) is 0 Å². The second kappa shape index (κ2) is 14.5. The molecule has 16 heteroatoms. The lowest BCUT2D eigenvalue weighted by atomic mass is 10.1. The van der Waals surface area contributed by atoms with Crippen LogP contribution in [0.25, 0.3) is 11.0 Å². The number of nitrogens with zero attached hydrogens (tertiary/aromatic N) is 4. The largest absolute Gasteiger partial charge is 0.510 e. The first kappa shape index (κ1) is 31.4. The zero-order valence-electron chi connectivity index (χ0n) is 22.9. The van der Waals surface area contributed by atoms with Gasteiger partial charge in [-0.1, -0.05) is 0 Å². The average Bonchev–Trinajstić information content (AvgIpc) is 3.30. The highest BCUT2D eigenvalue weighted by atomic mass is 32.2. The number of pyridine rings is 1. The number of fused-ring (bicyclic) bond motifs is 1. The SMILES string of the molecule is COc1ccc2nc(S(=O)Cc3ncc(C)c(OC)c3C)n(C(=O)OC/C=C\COC(=O)OC(C)ON(O)O)c2c1. The van der Waals surface area contributed by atoms with Gasteiger partial charge in [-0.05, 0) is 38.1 Å². The van der Waals surface area contributed by atoms with Gasteiger partial charge < -0.3 is 23.7 Å². The van der Waals surface area contributed by atoms with Gasteiger partial charge in [0.15, 0.2) is 0 Å². The summed E-state index contributed by atoms with van der Waals surface area (Å²) in [6, 6.07) is 4.88. The van der Waals surface area contributed by atoms with Crippen LogP contribution in [0.3, 0.4) is 0 Å². The quantitative estimate of drug-likeness (QED) is 0.135. The van der Waals surface area contributed by atoms with Crippen LogP contribution in [-0.2, 0) is 35.6 Å². The zero-order valence-corrected chi connectivity index (χ0v) is 23.7. The number of hydrogen-bond donors (Lipinski definition) is 2. The van der Waals surface area contributed by atoms with E-state index < -0.39 is 34.7 Å². The fourth-order valence-electron chi connectivity index (χ4n) is 3.65. The fourth-order valence-corrected chi connectivity index (χ4v) is 4.90. The molecule has 1 aromatic carbocycles. The molecule has 0 amide bonds. The summed E-state index contributed by atoms with van der Waals surface area (Å²) < 4.78 is 40.0. The third kappa shape index (κ3) is 8.21. The number of hydrogen-bond acceptors (Lipinski definition) is 14. The fraction of sp³-hybridized carbons (Fsp3) is 0.360. The lowest BCUT2D eigenvalue weighted by Gasteiger charge is -2.13. The maximum absolute atomic E-state index is 13.5. The topological polar surface area (TPSA) is 181 Å². The van der Waals surface area contributed by atoms with E-state index in [0.29, 0.717) is 28.2 Å². The summed E-state index contributed by atoms with van der Waals surface area (Å²) in [7, 11) is 1.22. The number of benzene rings is 1. The zero-order chi connectivity index (χ0) is 30.1. The van der Waals surface area contributed by atoms with Gasteiger partial charge in [-0.15, -0.1) is 0 Å². The Bertz CT molecular complexity index is 1440. The van der Waals surface area contributed by atoms with E-state index in [1.54, 1.807) is 31.5 Å². The molecule has 15 nitrogen and oxygen atoms in total. The molecule has 0 aliphatic heterocycles. The average molecular weight is 595 g/mol. The molecule has 0 saturated heterocycles. The molecular weight excluding hydrogens is 564 g/mol. The van der Waals surface area contributed by atoms with Crippen molar-refractivity contribution in [1.82, 2.24) is 19.9 Å². The second-order valence-corrected chi connectivity index (χ2v) is 9.62. The molecule has 222 valence electrons. The van der Waals surface area contributed by atoms with E-state index in [9.17, 15) is 13.8 Å². The van der Waals surface area contributed by atoms with Crippen LogP contribution in [0.15, 0.2) is 41.7 Å². The van der Waals surface area contributed by atoms with Crippen LogP contribution < -0.4 is 9.47 Å². The van der Waals surface area contributed by atoms with Gasteiger partial charge in [-0.25, -0.2) is 24.0 Å². The molecule has 0 saturated carbocycles. The molecule has 0 fully saturated rings. The Kier molecular flexibility index (Phi) is 11.1. The van der Waals surface area contributed by atoms with Gasteiger partial charge in [0.2, 0.25) is 11.4 Å². The minimum Gasteiger partial charge on any atom is -0.497 e. The Hall–Kier alpha value is -4.09. The Morgan fingerprint density at radius 3 is 2.49 bits per heavy atom. The Balaban J connectivity index is 1.73. The third-order valence-electron chi connectivity index (χ3n) is 5.51. The van der Waals surface area contributed by atoms with E-state index in [0.717, 1.165) is 15.7 Å². The first-order chi connectivity index (χ1) is 19.5. The van der Waals surface area contributed by atoms with E-state index in [4.69, 9.17) is 29.4 Å². The minimum absolute atomic E-state index is 0.0259. The van der Waals surface area contributed by atoms with Crippen molar-refractivity contribution in [2.24, 2.45) is 0 Å². The Labute approximate surface area is 237 Å². The highest BCUT2D eigenvalue weighted by Crippen LogP contribution is 2.28. The molecule has 0 bridgehead atoms. The van der Waals surface area contributed by atoms with Gasteiger partial charge in [-0.3, -0.25) is 19.6 Å². The van der Waals surface area contributed by atoms with Crippen LogP contribution in [0.5, 0.6) is 11.5 Å². The first-order valence-corrected chi connectivity index (χ1v) is 13.3. The summed E-state index contributed by atoms with van der Waals surface area (Å²) in [5.41, 5.74) is 2.83. The van der Waals surface area contributed by atoms with E-state index in [2.05, 4.69) is 19.5 Å². The number of methoxy groups -OCH3 is 2. The smallest absolute Gasteiger partial charge is 0.497 e. The number of imidazole rings is 1. The van der Waals surface area contributed by atoms with E-state index in [-0.39, 0.29) is 24.1 Å². The predicted molar refractivity (Wildman–Crippen MR) is 141 cm³/mol. The van der Waals surface area contributed by atoms with E-state index in [1.165, 1.54) is 26.2 Å². The normalized spacial score (nSPS) is 12.9. The highest BCUT2D eigenvalue weighted by Gasteiger charge is 2.24. The molecule has 0 spiro atoms. The first-order valence-electron chi connectivity index (χ1n) is 12.0. The molecule has 0 aliphatic rings. The van der Waals surface area contributed by atoms with Crippen molar-refractivity contribution >= 4 is 34.1 Å². The molecule has 2 N–H and O–H groups in total. The minimum atomic E-state index is -1.80. The maximum atomic E-state index is 13.5. The molecule has 0 aliphatic carbocycles. The summed E-state index contributed by atoms with van der Waals surface area (Å²) in [6.07, 6.45) is 1.13. The predicted octanol–water partition coefficient (Wildman–Crippen LogP) is 3.43. The number of rotatable bonds is 12. The van der Waals surface area contributed by atoms with Crippen LogP contribution in [-0.4, -0.2) is 80.5 Å². The van der Waals surface area contributed by atoms with Crippen molar-refractivity contribution in [1.29, 1.82) is 0 Å². The van der Waals surface area contributed by atoms with Crippen molar-refractivity contribution in [3.63, 3.8) is 0 Å². The lowest BCUT2D eigenvalue weighted by molar-refractivity contribution is -0.519. The standard InChI is InChI=1S/C25H30N4O11S/c1-15-13-26-20(16(2)22(15)36-5)14-41(34)23-27-19-9-8-18(35-4)12-21(19)28(23)24(30)37-10-6-7-11-38-25(31)39-17(3)40-29(32)33/h6-9,12-13,17,32-33H,10-11,14H2,1-5H3/b7-6-. The Morgan fingerprint density at radius 1 is 1.12 bits per heavy atom. The molecule has 2 unspecified atom stereocenters. The Morgan fingerprint density at radius 2 is 1.83 bits per heavy atom. The van der Waals surface area contributed by atoms with Crippen LogP contribution in [0.1, 0.15) is 23.7 Å². The van der Waals surface area contributed by atoms with Crippen molar-refractivity contribution in [3.05, 3.63) is 53.4 Å². The summed E-state index contributed by atoms with van der Waals surface area (Å²) in [4.78, 5) is 37.8. The molecule has 3 aromatic rings. The summed E-state index contributed by atoms with van der Waals surface area (Å²) in [6.45, 7) is 4.44. The van der Waals surface area contributed by atoms with Gasteiger partial charge in [0.05, 0.1) is 52.9 Å². The molecule has 3 rings (SSSR count). The number of carbonyl (C=O) groups is 2. The van der Waals surface area contributed by atoms with Gasteiger partial charge in [0, 0.05) is 30.3 Å². The summed E-state index contributed by atoms with van der Waals surface area (Å²) in [5.74, 6) is 1.07. The number of aryl methyl sites for hydroxylation is 1. The van der Waals surface area contributed by atoms with Crippen molar-refractivity contribution in [2.45, 2.75) is 38.0 Å².